The Kier molecular flexibility index (Phi) is 28.5. The highest BCUT2D eigenvalue weighted by Gasteiger charge is 2.50. The highest BCUT2D eigenvalue weighted by Crippen LogP contribution is 2.30. The molecule has 0 bridgehead atoms. The van der Waals surface area contributed by atoms with E-state index in [-0.39, 0.29) is 18.9 Å². The van der Waals surface area contributed by atoms with Gasteiger partial charge in [-0.05, 0) is 51.4 Å². The summed E-state index contributed by atoms with van der Waals surface area (Å²) in [6, 6.07) is -0.921. The first-order valence-corrected chi connectivity index (χ1v) is 21.9. The van der Waals surface area contributed by atoms with Crippen molar-refractivity contribution in [2.24, 2.45) is 0 Å². The summed E-state index contributed by atoms with van der Waals surface area (Å²) < 4.78 is 22.6. The SMILES string of the molecule is CC/C=C\C/C=C\C/C=C\CCCCCCCC(=O)NC(COC1OC(CO)C(OC2OC(CO)C(O)C(O)C2O)C(O)C1O)C(O)/C=C/CCCCCCCCC. The minimum Gasteiger partial charge on any atom is -0.394 e. The molecule has 2 rings (SSSR count). The van der Waals surface area contributed by atoms with Crippen LogP contribution in [0.15, 0.2) is 48.6 Å². The molecule has 0 aromatic heterocycles. The van der Waals surface area contributed by atoms with Crippen LogP contribution in [-0.4, -0.2) is 140 Å². The first kappa shape index (κ1) is 52.1. The summed E-state index contributed by atoms with van der Waals surface area (Å²) >= 11 is 0. The molecule has 14 heteroatoms. The molecule has 2 aliphatic heterocycles. The number of carbonyl (C=O) groups is 1. The van der Waals surface area contributed by atoms with Crippen molar-refractivity contribution < 1.29 is 64.6 Å². The van der Waals surface area contributed by atoms with E-state index in [2.05, 4.69) is 55.6 Å². The molecular formula is C44H77NO13. The van der Waals surface area contributed by atoms with E-state index in [1.807, 2.05) is 6.08 Å². The smallest absolute Gasteiger partial charge is 0.220 e. The molecule has 12 unspecified atom stereocenters. The van der Waals surface area contributed by atoms with E-state index >= 15 is 0 Å². The van der Waals surface area contributed by atoms with Crippen LogP contribution in [0.3, 0.4) is 0 Å². The molecule has 0 aromatic rings. The van der Waals surface area contributed by atoms with Gasteiger partial charge in [0.1, 0.15) is 48.8 Å². The lowest BCUT2D eigenvalue weighted by molar-refractivity contribution is -0.359. The second kappa shape index (κ2) is 31.8. The van der Waals surface area contributed by atoms with Crippen molar-refractivity contribution in [1.82, 2.24) is 5.32 Å². The van der Waals surface area contributed by atoms with Crippen molar-refractivity contribution in [3.05, 3.63) is 48.6 Å². The van der Waals surface area contributed by atoms with Gasteiger partial charge in [0, 0.05) is 6.42 Å². The predicted molar refractivity (Wildman–Crippen MR) is 221 cm³/mol. The number of aliphatic hydroxyl groups excluding tert-OH is 8. The van der Waals surface area contributed by atoms with Crippen molar-refractivity contribution in [2.45, 2.75) is 203 Å². The molecule has 0 aromatic carbocycles. The van der Waals surface area contributed by atoms with Gasteiger partial charge in [-0.2, -0.15) is 0 Å². The fourth-order valence-electron chi connectivity index (χ4n) is 6.89. The van der Waals surface area contributed by atoms with E-state index in [0.717, 1.165) is 77.0 Å². The van der Waals surface area contributed by atoms with E-state index in [1.165, 1.54) is 25.7 Å². The number of nitrogens with one attached hydrogen (secondary N) is 1. The standard InChI is InChI=1S/C44H77NO13/c1-3-5-7-9-11-13-14-15-16-17-18-20-22-24-26-28-36(49)45-32(33(48)27-25-23-21-19-12-10-8-6-4-2)31-55-43-41(54)39(52)42(35(30-47)57-43)58-44-40(53)38(51)37(50)34(29-46)56-44/h5,7,11,13,15-16,25,27,32-35,37-44,46-48,50-54H,3-4,6,8-10,12,14,17-24,26,28-31H2,1-2H3,(H,45,49)/b7-5-,13-11-,16-15-,27-25+. The third kappa shape index (κ3) is 20.0. The third-order valence-corrected chi connectivity index (χ3v) is 10.5. The molecule has 2 saturated heterocycles. The third-order valence-electron chi connectivity index (χ3n) is 10.5. The Morgan fingerprint density at radius 1 is 0.638 bits per heavy atom. The maximum atomic E-state index is 13.1. The minimum atomic E-state index is -1.79. The van der Waals surface area contributed by atoms with E-state index in [4.69, 9.17) is 18.9 Å². The van der Waals surface area contributed by atoms with Gasteiger partial charge < -0.3 is 65.1 Å². The summed E-state index contributed by atoms with van der Waals surface area (Å²) in [7, 11) is 0. The number of amides is 1. The topological polar surface area (TPSA) is 228 Å². The summed E-state index contributed by atoms with van der Waals surface area (Å²) in [5.41, 5.74) is 0. The molecule has 2 heterocycles. The van der Waals surface area contributed by atoms with Crippen molar-refractivity contribution >= 4 is 5.91 Å². The van der Waals surface area contributed by atoms with Crippen LogP contribution in [0.4, 0.5) is 0 Å². The van der Waals surface area contributed by atoms with Gasteiger partial charge in [-0.25, -0.2) is 0 Å². The lowest BCUT2D eigenvalue weighted by atomic mass is 9.97. The molecule has 58 heavy (non-hydrogen) atoms. The maximum Gasteiger partial charge on any atom is 0.220 e. The second-order valence-corrected chi connectivity index (χ2v) is 15.4. The molecule has 336 valence electrons. The Morgan fingerprint density at radius 2 is 1.19 bits per heavy atom. The van der Waals surface area contributed by atoms with Gasteiger partial charge in [-0.3, -0.25) is 4.79 Å². The number of carbonyl (C=O) groups excluding carboxylic acids is 1. The second-order valence-electron chi connectivity index (χ2n) is 15.4. The zero-order valence-corrected chi connectivity index (χ0v) is 35.0. The summed E-state index contributed by atoms with van der Waals surface area (Å²) in [4.78, 5) is 13.1. The quantitative estimate of drug-likeness (QED) is 0.0359. The lowest BCUT2D eigenvalue weighted by Crippen LogP contribution is -2.65. The predicted octanol–water partition coefficient (Wildman–Crippen LogP) is 3.76. The molecule has 2 fully saturated rings. The van der Waals surface area contributed by atoms with Crippen LogP contribution >= 0.6 is 0 Å². The van der Waals surface area contributed by atoms with E-state index < -0.39 is 86.8 Å². The van der Waals surface area contributed by atoms with Crippen LogP contribution in [-0.2, 0) is 23.7 Å². The highest BCUT2D eigenvalue weighted by molar-refractivity contribution is 5.76. The van der Waals surface area contributed by atoms with Gasteiger partial charge in [0.15, 0.2) is 12.6 Å². The van der Waals surface area contributed by atoms with Crippen LogP contribution < -0.4 is 5.32 Å². The van der Waals surface area contributed by atoms with Crippen LogP contribution in [0, 0.1) is 0 Å². The largest absolute Gasteiger partial charge is 0.394 e. The molecule has 1 amide bonds. The monoisotopic (exact) mass is 828 g/mol. The summed E-state index contributed by atoms with van der Waals surface area (Å²) in [5, 5.41) is 86.2. The zero-order valence-electron chi connectivity index (χ0n) is 35.0. The number of aliphatic hydroxyl groups is 8. The Hall–Kier alpha value is -2.05. The van der Waals surface area contributed by atoms with Crippen molar-refractivity contribution in [3.8, 4) is 0 Å². The Bertz CT molecular complexity index is 1160. The maximum absolute atomic E-state index is 13.1. The number of hydrogen-bond donors (Lipinski definition) is 9. The fraction of sp³-hybridized carbons (Fsp3) is 0.795. The number of unbranched alkanes of at least 4 members (excludes halogenated alkanes) is 12. The minimum absolute atomic E-state index is 0.259. The highest BCUT2D eigenvalue weighted by atomic mass is 16.7. The van der Waals surface area contributed by atoms with Gasteiger partial charge in [-0.1, -0.05) is 120 Å². The fourth-order valence-corrected chi connectivity index (χ4v) is 6.89. The number of allylic oxidation sites excluding steroid dienone is 7. The van der Waals surface area contributed by atoms with Crippen molar-refractivity contribution in [2.75, 3.05) is 19.8 Å². The van der Waals surface area contributed by atoms with Gasteiger partial charge in [-0.15, -0.1) is 0 Å². The van der Waals surface area contributed by atoms with Crippen LogP contribution in [0.2, 0.25) is 0 Å². The summed E-state index contributed by atoms with van der Waals surface area (Å²) in [6.45, 7) is 2.58. The average Bonchev–Trinajstić information content (AvgIpc) is 3.22. The van der Waals surface area contributed by atoms with Gasteiger partial charge in [0.2, 0.25) is 5.91 Å². The molecule has 2 aliphatic rings. The molecular weight excluding hydrogens is 750 g/mol. The van der Waals surface area contributed by atoms with E-state index in [9.17, 15) is 45.6 Å². The van der Waals surface area contributed by atoms with Crippen LogP contribution in [0.1, 0.15) is 129 Å². The lowest BCUT2D eigenvalue weighted by Gasteiger charge is -2.46. The van der Waals surface area contributed by atoms with E-state index in [1.54, 1.807) is 6.08 Å². The number of hydrogen-bond acceptors (Lipinski definition) is 13. The molecule has 0 radical (unpaired) electrons. The number of rotatable bonds is 31. The molecule has 0 spiro atoms. The van der Waals surface area contributed by atoms with E-state index in [0.29, 0.717) is 6.42 Å². The van der Waals surface area contributed by atoms with Crippen molar-refractivity contribution in [3.63, 3.8) is 0 Å². The Balaban J connectivity index is 1.91. The zero-order chi connectivity index (χ0) is 42.5. The molecule has 12 atom stereocenters. The van der Waals surface area contributed by atoms with Gasteiger partial charge >= 0.3 is 0 Å². The van der Waals surface area contributed by atoms with Crippen LogP contribution in [0.5, 0.6) is 0 Å². The molecule has 14 nitrogen and oxygen atoms in total. The molecule has 0 saturated carbocycles. The number of ether oxygens (including phenoxy) is 4. The van der Waals surface area contributed by atoms with Gasteiger partial charge in [0.25, 0.3) is 0 Å². The first-order valence-electron chi connectivity index (χ1n) is 21.9. The molecule has 0 aliphatic carbocycles. The van der Waals surface area contributed by atoms with Crippen LogP contribution in [0.25, 0.3) is 0 Å². The van der Waals surface area contributed by atoms with Gasteiger partial charge in [0.05, 0.1) is 32.0 Å². The normalized spacial score (nSPS) is 29.3. The average molecular weight is 828 g/mol. The van der Waals surface area contributed by atoms with Crippen molar-refractivity contribution in [1.29, 1.82) is 0 Å². The summed E-state index contributed by atoms with van der Waals surface area (Å²) in [5.74, 6) is -0.263. The molecule has 9 N–H and O–H groups in total. The first-order chi connectivity index (χ1) is 28.1. The Morgan fingerprint density at radius 3 is 1.83 bits per heavy atom. The summed E-state index contributed by atoms with van der Waals surface area (Å²) in [6.07, 6.45) is 17.4. The Labute approximate surface area is 346 Å².